The van der Waals surface area contributed by atoms with E-state index in [0.717, 1.165) is 11.3 Å². The molecular formula is C17H21ClN4O. The van der Waals surface area contributed by atoms with E-state index in [1.807, 2.05) is 12.1 Å². The van der Waals surface area contributed by atoms with Gasteiger partial charge in [0.05, 0.1) is 12.7 Å². The van der Waals surface area contributed by atoms with E-state index in [-0.39, 0.29) is 5.95 Å². The van der Waals surface area contributed by atoms with Crippen molar-refractivity contribution in [1.82, 2.24) is 9.97 Å². The smallest absolute Gasteiger partial charge is 0.223 e. The Labute approximate surface area is 141 Å². The van der Waals surface area contributed by atoms with Gasteiger partial charge < -0.3 is 15.8 Å². The van der Waals surface area contributed by atoms with Crippen LogP contribution in [-0.2, 0) is 11.3 Å². The number of nitrogens with one attached hydrogen (secondary N) is 1. The van der Waals surface area contributed by atoms with E-state index in [1.165, 1.54) is 32.1 Å². The van der Waals surface area contributed by atoms with E-state index in [9.17, 15) is 0 Å². The highest BCUT2D eigenvalue weighted by atomic mass is 35.5. The van der Waals surface area contributed by atoms with Crippen LogP contribution in [0, 0.1) is 0 Å². The van der Waals surface area contributed by atoms with Crippen molar-refractivity contribution in [2.75, 3.05) is 11.1 Å². The van der Waals surface area contributed by atoms with Crippen molar-refractivity contribution in [2.24, 2.45) is 0 Å². The minimum atomic E-state index is 0.150. The second-order valence-corrected chi connectivity index (χ2v) is 6.22. The van der Waals surface area contributed by atoms with E-state index in [4.69, 9.17) is 22.1 Å². The number of ether oxygens (including phenoxy) is 1. The predicted octanol–water partition coefficient (Wildman–Crippen LogP) is 4.31. The molecule has 0 spiro atoms. The molecule has 1 aromatic heterocycles. The number of anilines is 3. The molecule has 1 aromatic carbocycles. The number of benzene rings is 1. The summed E-state index contributed by atoms with van der Waals surface area (Å²) in [6.07, 6.45) is 6.66. The van der Waals surface area contributed by atoms with E-state index in [2.05, 4.69) is 27.4 Å². The fourth-order valence-electron chi connectivity index (χ4n) is 2.83. The Bertz CT molecular complexity index is 639. The Morgan fingerprint density at radius 2 is 2.00 bits per heavy atom. The Balaban J connectivity index is 1.62. The molecule has 23 heavy (non-hydrogen) atoms. The quantitative estimate of drug-likeness (QED) is 0.798. The first-order valence-electron chi connectivity index (χ1n) is 7.97. The van der Waals surface area contributed by atoms with Crippen LogP contribution >= 0.6 is 11.6 Å². The van der Waals surface area contributed by atoms with Gasteiger partial charge in [-0.2, -0.15) is 4.98 Å². The molecule has 0 radical (unpaired) electrons. The minimum absolute atomic E-state index is 0.150. The minimum Gasteiger partial charge on any atom is -0.374 e. The number of rotatable bonds is 5. The monoisotopic (exact) mass is 332 g/mol. The summed E-state index contributed by atoms with van der Waals surface area (Å²) in [4.78, 5) is 7.96. The molecular weight excluding hydrogens is 312 g/mol. The highest BCUT2D eigenvalue weighted by Gasteiger charge is 2.13. The van der Waals surface area contributed by atoms with Gasteiger partial charge in [0.25, 0.3) is 0 Å². The van der Waals surface area contributed by atoms with Crippen LogP contribution in [0.3, 0.4) is 0 Å². The summed E-state index contributed by atoms with van der Waals surface area (Å²) >= 11 is 5.89. The maximum absolute atomic E-state index is 6.02. The molecule has 3 N–H and O–H groups in total. The lowest BCUT2D eigenvalue weighted by molar-refractivity contribution is 0.0169. The lowest BCUT2D eigenvalue weighted by Crippen LogP contribution is -2.16. The lowest BCUT2D eigenvalue weighted by atomic mass is 9.98. The van der Waals surface area contributed by atoms with E-state index in [0.29, 0.717) is 23.7 Å². The third-order valence-electron chi connectivity index (χ3n) is 3.95. The number of nitrogens with two attached hydrogens (primary N) is 1. The summed E-state index contributed by atoms with van der Waals surface area (Å²) in [5.74, 6) is 0.727. The van der Waals surface area contributed by atoms with Gasteiger partial charge in [-0.3, -0.25) is 0 Å². The maximum atomic E-state index is 6.02. The van der Waals surface area contributed by atoms with Crippen LogP contribution in [-0.4, -0.2) is 16.1 Å². The van der Waals surface area contributed by atoms with Crippen molar-refractivity contribution >= 4 is 29.1 Å². The van der Waals surface area contributed by atoms with Crippen molar-refractivity contribution < 1.29 is 4.74 Å². The lowest BCUT2D eigenvalue weighted by Gasteiger charge is -2.22. The number of nitrogen functional groups attached to an aromatic ring is 1. The van der Waals surface area contributed by atoms with Gasteiger partial charge in [-0.05, 0) is 30.5 Å². The number of hydrogen-bond donors (Lipinski definition) is 2. The first-order chi connectivity index (χ1) is 11.2. The molecule has 2 aromatic rings. The molecule has 1 aliphatic rings. The predicted molar refractivity (Wildman–Crippen MR) is 92.8 cm³/mol. The summed E-state index contributed by atoms with van der Waals surface area (Å²) in [6.45, 7) is 0.632. The zero-order valence-corrected chi connectivity index (χ0v) is 13.7. The topological polar surface area (TPSA) is 73.1 Å². The summed E-state index contributed by atoms with van der Waals surface area (Å²) in [6, 6.07) is 9.72. The molecule has 1 aliphatic carbocycles. The molecule has 3 rings (SSSR count). The van der Waals surface area contributed by atoms with Crippen LogP contribution in [0.4, 0.5) is 17.5 Å². The molecule has 0 aliphatic heterocycles. The zero-order chi connectivity index (χ0) is 16.1. The Kier molecular flexibility index (Phi) is 5.31. The van der Waals surface area contributed by atoms with Gasteiger partial charge in [0, 0.05) is 11.8 Å². The molecule has 5 nitrogen and oxygen atoms in total. The van der Waals surface area contributed by atoms with Gasteiger partial charge in [0.15, 0.2) is 0 Å². The van der Waals surface area contributed by atoms with E-state index >= 15 is 0 Å². The molecule has 1 fully saturated rings. The van der Waals surface area contributed by atoms with Crippen molar-refractivity contribution in [3.8, 4) is 0 Å². The normalized spacial score (nSPS) is 15.5. The fraction of sp³-hybridized carbons (Fsp3) is 0.412. The second kappa shape index (κ2) is 7.62. The largest absolute Gasteiger partial charge is 0.374 e. The van der Waals surface area contributed by atoms with E-state index < -0.39 is 0 Å². The van der Waals surface area contributed by atoms with Crippen molar-refractivity contribution in [2.45, 2.75) is 44.8 Å². The van der Waals surface area contributed by atoms with Crippen LogP contribution in [0.2, 0.25) is 5.15 Å². The van der Waals surface area contributed by atoms with Crippen LogP contribution in [0.15, 0.2) is 30.3 Å². The summed E-state index contributed by atoms with van der Waals surface area (Å²) in [5, 5.41) is 3.51. The fourth-order valence-corrected chi connectivity index (χ4v) is 3.02. The number of nitrogens with zero attached hydrogens (tertiary/aromatic N) is 2. The van der Waals surface area contributed by atoms with Crippen LogP contribution in [0.5, 0.6) is 0 Å². The first kappa shape index (κ1) is 16.0. The highest BCUT2D eigenvalue weighted by Crippen LogP contribution is 2.23. The third-order valence-corrected chi connectivity index (χ3v) is 4.14. The van der Waals surface area contributed by atoms with Crippen molar-refractivity contribution in [3.05, 3.63) is 41.0 Å². The molecule has 0 bridgehead atoms. The SMILES string of the molecule is Nc1nc(Cl)cc(Nc2cccc(COC3CCCCC3)c2)n1. The Morgan fingerprint density at radius 1 is 1.17 bits per heavy atom. The van der Waals surface area contributed by atoms with Crippen molar-refractivity contribution in [1.29, 1.82) is 0 Å². The van der Waals surface area contributed by atoms with Crippen LogP contribution in [0.25, 0.3) is 0 Å². The first-order valence-corrected chi connectivity index (χ1v) is 8.34. The van der Waals surface area contributed by atoms with Gasteiger partial charge in [-0.15, -0.1) is 0 Å². The zero-order valence-electron chi connectivity index (χ0n) is 13.0. The van der Waals surface area contributed by atoms with E-state index in [1.54, 1.807) is 6.07 Å². The highest BCUT2D eigenvalue weighted by molar-refractivity contribution is 6.29. The number of halogens is 1. The molecule has 6 heteroatoms. The number of hydrogen-bond acceptors (Lipinski definition) is 5. The molecule has 122 valence electrons. The average Bonchev–Trinajstić information content (AvgIpc) is 2.53. The average molecular weight is 333 g/mol. The molecule has 0 saturated heterocycles. The summed E-state index contributed by atoms with van der Waals surface area (Å²) < 4.78 is 6.02. The van der Waals surface area contributed by atoms with Crippen LogP contribution in [0.1, 0.15) is 37.7 Å². The third kappa shape index (κ3) is 4.81. The Hall–Kier alpha value is -1.85. The van der Waals surface area contributed by atoms with Crippen molar-refractivity contribution in [3.63, 3.8) is 0 Å². The Morgan fingerprint density at radius 3 is 2.78 bits per heavy atom. The number of aromatic nitrogens is 2. The summed E-state index contributed by atoms with van der Waals surface area (Å²) in [5.41, 5.74) is 7.66. The second-order valence-electron chi connectivity index (χ2n) is 5.83. The molecule has 1 saturated carbocycles. The molecule has 0 amide bonds. The van der Waals surface area contributed by atoms with Crippen LogP contribution < -0.4 is 11.1 Å². The summed E-state index contributed by atoms with van der Waals surface area (Å²) in [7, 11) is 0. The van der Waals surface area contributed by atoms with Gasteiger partial charge in [-0.1, -0.05) is 43.0 Å². The maximum Gasteiger partial charge on any atom is 0.223 e. The molecule has 0 atom stereocenters. The van der Waals surface area contributed by atoms with Gasteiger partial charge in [0.1, 0.15) is 11.0 Å². The standard InChI is InChI=1S/C17H21ClN4O/c18-15-10-16(22-17(19)21-15)20-13-6-4-5-12(9-13)11-23-14-7-2-1-3-8-14/h4-6,9-10,14H,1-3,7-8,11H2,(H3,19,20,21,22). The van der Waals surface area contributed by atoms with Gasteiger partial charge in [0.2, 0.25) is 5.95 Å². The molecule has 1 heterocycles. The van der Waals surface area contributed by atoms with Gasteiger partial charge >= 0.3 is 0 Å². The molecule has 0 unspecified atom stereocenters. The van der Waals surface area contributed by atoms with Gasteiger partial charge in [-0.25, -0.2) is 4.98 Å².